The topological polar surface area (TPSA) is 86.9 Å². The molecule has 1 saturated heterocycles. The van der Waals surface area contributed by atoms with Crippen LogP contribution in [0.15, 0.2) is 47.0 Å². The first-order valence-corrected chi connectivity index (χ1v) is 9.72. The van der Waals surface area contributed by atoms with Gasteiger partial charge in [0, 0.05) is 30.6 Å². The number of nitrogens with zero attached hydrogens (tertiary/aromatic N) is 3. The Balaban J connectivity index is 1.56. The van der Waals surface area contributed by atoms with Crippen molar-refractivity contribution in [1.29, 1.82) is 0 Å². The Labute approximate surface area is 174 Å². The zero-order valence-electron chi connectivity index (χ0n) is 17.1. The Bertz CT molecular complexity index is 1050. The number of hydrogen-bond acceptors (Lipinski definition) is 7. The molecule has 0 saturated carbocycles. The van der Waals surface area contributed by atoms with Gasteiger partial charge in [-0.25, -0.2) is 0 Å². The predicted octanol–water partition coefficient (Wildman–Crippen LogP) is 3.67. The molecular weight excluding hydrogens is 386 g/mol. The molecule has 0 N–H and O–H groups in total. The molecular formula is C22H23N3O5. The van der Waals surface area contributed by atoms with Gasteiger partial charge in [0.25, 0.3) is 5.89 Å². The molecule has 1 aliphatic rings. The summed E-state index contributed by atoms with van der Waals surface area (Å²) in [5.74, 6) is 2.58. The molecule has 4 rings (SSSR count). The number of benzene rings is 2. The second kappa shape index (κ2) is 8.44. The van der Waals surface area contributed by atoms with E-state index in [1.807, 2.05) is 37.3 Å². The number of hydrogen-bond donors (Lipinski definition) is 0. The molecule has 1 aliphatic heterocycles. The summed E-state index contributed by atoms with van der Waals surface area (Å²) >= 11 is 0. The van der Waals surface area contributed by atoms with Gasteiger partial charge in [-0.05, 0) is 31.2 Å². The molecule has 2 heterocycles. The van der Waals surface area contributed by atoms with Crippen LogP contribution in [0.5, 0.6) is 17.2 Å². The van der Waals surface area contributed by atoms with Gasteiger partial charge in [0.1, 0.15) is 5.75 Å². The van der Waals surface area contributed by atoms with E-state index in [2.05, 4.69) is 10.1 Å². The molecule has 0 aliphatic carbocycles. The lowest BCUT2D eigenvalue weighted by molar-refractivity contribution is -0.117. The van der Waals surface area contributed by atoms with Crippen LogP contribution in [-0.2, 0) is 4.79 Å². The summed E-state index contributed by atoms with van der Waals surface area (Å²) in [6.45, 7) is 2.92. The molecule has 1 amide bonds. The monoisotopic (exact) mass is 409 g/mol. The number of anilines is 1. The molecule has 0 radical (unpaired) electrons. The summed E-state index contributed by atoms with van der Waals surface area (Å²) in [4.78, 5) is 18.9. The van der Waals surface area contributed by atoms with E-state index < -0.39 is 0 Å². The Morgan fingerprint density at radius 3 is 2.67 bits per heavy atom. The SMILES string of the molecule is CCOc1ccccc1-c1nc(C2CC(=O)N(c3ccc(OC)c(OC)c3)C2)no1. The highest BCUT2D eigenvalue weighted by Gasteiger charge is 2.35. The van der Waals surface area contributed by atoms with Crippen molar-refractivity contribution in [2.24, 2.45) is 0 Å². The third-order valence-electron chi connectivity index (χ3n) is 5.03. The molecule has 0 spiro atoms. The maximum Gasteiger partial charge on any atom is 0.261 e. The highest BCUT2D eigenvalue weighted by atomic mass is 16.5. The van der Waals surface area contributed by atoms with Crippen LogP contribution in [-0.4, -0.2) is 43.4 Å². The third-order valence-corrected chi connectivity index (χ3v) is 5.03. The van der Waals surface area contributed by atoms with Crippen molar-refractivity contribution < 1.29 is 23.5 Å². The van der Waals surface area contributed by atoms with E-state index in [1.165, 1.54) is 0 Å². The molecule has 156 valence electrons. The lowest BCUT2D eigenvalue weighted by Gasteiger charge is -2.18. The molecule has 30 heavy (non-hydrogen) atoms. The maximum absolute atomic E-state index is 12.7. The molecule has 1 atom stereocenters. The van der Waals surface area contributed by atoms with Crippen molar-refractivity contribution in [3.05, 3.63) is 48.3 Å². The smallest absolute Gasteiger partial charge is 0.261 e. The van der Waals surface area contributed by atoms with Crippen LogP contribution in [0.1, 0.15) is 25.1 Å². The van der Waals surface area contributed by atoms with E-state index in [-0.39, 0.29) is 11.8 Å². The highest BCUT2D eigenvalue weighted by Crippen LogP contribution is 2.37. The van der Waals surface area contributed by atoms with Gasteiger partial charge in [0.2, 0.25) is 5.91 Å². The minimum atomic E-state index is -0.164. The first kappa shape index (κ1) is 19.8. The number of methoxy groups -OCH3 is 2. The van der Waals surface area contributed by atoms with E-state index in [9.17, 15) is 4.79 Å². The second-order valence-electron chi connectivity index (χ2n) is 6.83. The van der Waals surface area contributed by atoms with Crippen LogP contribution < -0.4 is 19.1 Å². The summed E-state index contributed by atoms with van der Waals surface area (Å²) in [6, 6.07) is 12.9. The number of para-hydroxylation sites is 1. The predicted molar refractivity (Wildman–Crippen MR) is 110 cm³/mol. The van der Waals surface area contributed by atoms with Crippen molar-refractivity contribution in [1.82, 2.24) is 10.1 Å². The van der Waals surface area contributed by atoms with Gasteiger partial charge in [-0.2, -0.15) is 4.98 Å². The fraction of sp³-hybridized carbons (Fsp3) is 0.318. The molecule has 8 heteroatoms. The molecule has 3 aromatic rings. The summed E-state index contributed by atoms with van der Waals surface area (Å²) in [6.07, 6.45) is 0.306. The van der Waals surface area contributed by atoms with Crippen molar-refractivity contribution in [3.63, 3.8) is 0 Å². The van der Waals surface area contributed by atoms with Crippen molar-refractivity contribution in [2.75, 3.05) is 32.3 Å². The van der Waals surface area contributed by atoms with Crippen LogP contribution in [0.2, 0.25) is 0 Å². The zero-order chi connectivity index (χ0) is 21.1. The maximum atomic E-state index is 12.7. The van der Waals surface area contributed by atoms with Crippen molar-refractivity contribution in [3.8, 4) is 28.7 Å². The largest absolute Gasteiger partial charge is 0.493 e. The highest BCUT2D eigenvalue weighted by molar-refractivity contribution is 5.96. The lowest BCUT2D eigenvalue weighted by Crippen LogP contribution is -2.24. The number of carbonyl (C=O) groups excluding carboxylic acids is 1. The Morgan fingerprint density at radius 1 is 1.10 bits per heavy atom. The van der Waals surface area contributed by atoms with Crippen LogP contribution in [0.3, 0.4) is 0 Å². The number of aromatic nitrogens is 2. The van der Waals surface area contributed by atoms with Crippen LogP contribution in [0.25, 0.3) is 11.5 Å². The van der Waals surface area contributed by atoms with Gasteiger partial charge in [0.15, 0.2) is 17.3 Å². The standard InChI is InChI=1S/C22H23N3O5/c1-4-29-17-8-6-5-7-16(17)22-23-21(24-30-22)14-11-20(26)25(13-14)15-9-10-18(27-2)19(12-15)28-3/h5-10,12,14H,4,11,13H2,1-3H3. The minimum Gasteiger partial charge on any atom is -0.493 e. The minimum absolute atomic E-state index is 0.00622. The molecule has 8 nitrogen and oxygen atoms in total. The van der Waals surface area contributed by atoms with Crippen LogP contribution in [0.4, 0.5) is 5.69 Å². The zero-order valence-corrected chi connectivity index (χ0v) is 17.1. The van der Waals surface area contributed by atoms with Gasteiger partial charge in [-0.3, -0.25) is 4.79 Å². The summed E-state index contributed by atoms with van der Waals surface area (Å²) in [7, 11) is 3.14. The third kappa shape index (κ3) is 3.68. The van der Waals surface area contributed by atoms with E-state index in [4.69, 9.17) is 18.7 Å². The van der Waals surface area contributed by atoms with Crippen molar-refractivity contribution >= 4 is 11.6 Å². The molecule has 1 fully saturated rings. The first-order valence-electron chi connectivity index (χ1n) is 9.72. The molecule has 0 bridgehead atoms. The molecule has 1 aromatic heterocycles. The van der Waals surface area contributed by atoms with E-state index in [1.54, 1.807) is 31.3 Å². The van der Waals surface area contributed by atoms with Crippen LogP contribution >= 0.6 is 0 Å². The van der Waals surface area contributed by atoms with Gasteiger partial charge >= 0.3 is 0 Å². The number of carbonyl (C=O) groups is 1. The van der Waals surface area contributed by atoms with Gasteiger partial charge < -0.3 is 23.6 Å². The Hall–Kier alpha value is -3.55. The van der Waals surface area contributed by atoms with Gasteiger partial charge in [-0.1, -0.05) is 17.3 Å². The van der Waals surface area contributed by atoms with E-state index in [0.717, 1.165) is 11.3 Å². The first-order chi connectivity index (χ1) is 14.6. The Morgan fingerprint density at radius 2 is 1.90 bits per heavy atom. The number of amides is 1. The average Bonchev–Trinajstić information content (AvgIpc) is 3.41. The quantitative estimate of drug-likeness (QED) is 0.588. The summed E-state index contributed by atoms with van der Waals surface area (Å²) in [5, 5.41) is 4.13. The van der Waals surface area contributed by atoms with Gasteiger partial charge in [0.05, 0.1) is 26.4 Å². The number of ether oxygens (including phenoxy) is 3. The van der Waals surface area contributed by atoms with Crippen molar-refractivity contribution in [2.45, 2.75) is 19.3 Å². The van der Waals surface area contributed by atoms with E-state index >= 15 is 0 Å². The van der Waals surface area contributed by atoms with Crippen LogP contribution in [0, 0.1) is 0 Å². The fourth-order valence-corrected chi connectivity index (χ4v) is 3.56. The average molecular weight is 409 g/mol. The number of rotatable bonds is 7. The molecule has 2 aromatic carbocycles. The second-order valence-corrected chi connectivity index (χ2v) is 6.83. The fourth-order valence-electron chi connectivity index (χ4n) is 3.56. The lowest BCUT2D eigenvalue weighted by atomic mass is 10.1. The normalized spacial score (nSPS) is 16.0. The van der Waals surface area contributed by atoms with Gasteiger partial charge in [-0.15, -0.1) is 0 Å². The summed E-state index contributed by atoms with van der Waals surface area (Å²) < 4.78 is 21.8. The molecule has 1 unspecified atom stereocenters. The van der Waals surface area contributed by atoms with E-state index in [0.29, 0.717) is 48.5 Å². The Kier molecular flexibility index (Phi) is 5.56. The summed E-state index contributed by atoms with van der Waals surface area (Å²) in [5.41, 5.74) is 1.48.